The third-order valence-corrected chi connectivity index (χ3v) is 6.57. The van der Waals surface area contributed by atoms with E-state index in [1.165, 1.54) is 41.5 Å². The molecule has 0 radical (unpaired) electrons. The van der Waals surface area contributed by atoms with Gasteiger partial charge in [0.25, 0.3) is 0 Å². The fraction of sp³-hybridized carbons (Fsp3) is 0.478. The summed E-state index contributed by atoms with van der Waals surface area (Å²) in [7, 11) is 0. The van der Waals surface area contributed by atoms with Crippen molar-refractivity contribution >= 4 is 0 Å². The van der Waals surface area contributed by atoms with Crippen LogP contribution in [-0.2, 0) is 5.41 Å². The van der Waals surface area contributed by atoms with Crippen molar-refractivity contribution < 1.29 is 0 Å². The minimum Gasteiger partial charge on any atom is -0.0622 e. The van der Waals surface area contributed by atoms with E-state index in [-0.39, 0.29) is 5.41 Å². The molecule has 0 spiro atoms. The van der Waals surface area contributed by atoms with Crippen molar-refractivity contribution in [2.24, 2.45) is 11.3 Å². The molecule has 2 aromatic rings. The molecule has 0 saturated heterocycles. The van der Waals surface area contributed by atoms with Crippen LogP contribution < -0.4 is 0 Å². The van der Waals surface area contributed by atoms with Gasteiger partial charge in [-0.2, -0.15) is 0 Å². The minimum absolute atomic E-state index is 0.175. The topological polar surface area (TPSA) is 0 Å². The Bertz CT molecular complexity index is 680. The number of aryl methyl sites for hydroxylation is 2. The summed E-state index contributed by atoms with van der Waals surface area (Å²) in [5.74, 6) is 0.720. The van der Waals surface area contributed by atoms with Gasteiger partial charge in [0, 0.05) is 5.41 Å². The zero-order chi connectivity index (χ0) is 16.7. The van der Waals surface area contributed by atoms with Crippen molar-refractivity contribution in [2.75, 3.05) is 0 Å². The van der Waals surface area contributed by atoms with Gasteiger partial charge in [0.2, 0.25) is 0 Å². The van der Waals surface area contributed by atoms with Gasteiger partial charge in [-0.15, -0.1) is 0 Å². The minimum atomic E-state index is 0.175. The summed E-state index contributed by atoms with van der Waals surface area (Å²) >= 11 is 0. The predicted molar refractivity (Wildman–Crippen MR) is 99.9 cm³/mol. The Kier molecular flexibility index (Phi) is 4.12. The molecule has 0 heterocycles. The molecule has 3 rings (SSSR count). The lowest BCUT2D eigenvalue weighted by molar-refractivity contribution is 0.107. The van der Waals surface area contributed by atoms with Crippen molar-refractivity contribution in [3.63, 3.8) is 0 Å². The molecule has 2 aromatic carbocycles. The van der Waals surface area contributed by atoms with Crippen LogP contribution in [0.5, 0.6) is 0 Å². The van der Waals surface area contributed by atoms with Crippen LogP contribution in [0.1, 0.15) is 62.3 Å². The molecule has 0 aliphatic heterocycles. The first-order chi connectivity index (χ1) is 10.8. The van der Waals surface area contributed by atoms with Gasteiger partial charge in [0.1, 0.15) is 0 Å². The van der Waals surface area contributed by atoms with Crippen molar-refractivity contribution in [1.29, 1.82) is 0 Å². The van der Waals surface area contributed by atoms with Gasteiger partial charge in [-0.05, 0) is 66.7 Å². The molecule has 2 atom stereocenters. The Balaban J connectivity index is 2.13. The second-order valence-electron chi connectivity index (χ2n) is 8.34. The van der Waals surface area contributed by atoms with Gasteiger partial charge in [0.05, 0.1) is 0 Å². The molecule has 0 amide bonds. The summed E-state index contributed by atoms with van der Waals surface area (Å²) in [5, 5.41) is 0. The van der Waals surface area contributed by atoms with Crippen molar-refractivity contribution in [1.82, 2.24) is 0 Å². The van der Waals surface area contributed by atoms with E-state index in [9.17, 15) is 0 Å². The van der Waals surface area contributed by atoms with Gasteiger partial charge in [-0.25, -0.2) is 0 Å². The van der Waals surface area contributed by atoms with Crippen molar-refractivity contribution in [2.45, 2.75) is 59.3 Å². The van der Waals surface area contributed by atoms with E-state index in [0.29, 0.717) is 5.41 Å². The zero-order valence-corrected chi connectivity index (χ0v) is 15.3. The molecule has 0 nitrogen and oxygen atoms in total. The molecule has 2 unspecified atom stereocenters. The molecule has 0 heteroatoms. The van der Waals surface area contributed by atoms with Crippen LogP contribution in [0.15, 0.2) is 48.5 Å². The molecule has 1 aliphatic rings. The summed E-state index contributed by atoms with van der Waals surface area (Å²) in [4.78, 5) is 0. The monoisotopic (exact) mass is 306 g/mol. The first kappa shape index (κ1) is 16.3. The Hall–Kier alpha value is -1.56. The zero-order valence-electron chi connectivity index (χ0n) is 15.3. The normalized spacial score (nSPS) is 26.9. The second kappa shape index (κ2) is 5.82. The van der Waals surface area contributed by atoms with E-state index >= 15 is 0 Å². The highest BCUT2D eigenvalue weighted by atomic mass is 14.5. The average molecular weight is 306 g/mol. The van der Waals surface area contributed by atoms with Gasteiger partial charge in [0.15, 0.2) is 0 Å². The average Bonchev–Trinajstić information content (AvgIpc) is 2.54. The van der Waals surface area contributed by atoms with Crippen LogP contribution >= 0.6 is 0 Å². The standard InChI is InChI=1S/C23H30/c1-17-11-12-21(15-18(17)2)23(20-9-7-6-8-10-20)14-13-22(4,5)19(3)16-23/h6-12,15,19H,13-14,16H2,1-5H3. The SMILES string of the molecule is Cc1ccc(C2(c3ccccc3)CCC(C)(C)C(C)C2)cc1C. The van der Waals surface area contributed by atoms with Gasteiger partial charge < -0.3 is 0 Å². The summed E-state index contributed by atoms with van der Waals surface area (Å²) < 4.78 is 0. The highest BCUT2D eigenvalue weighted by Gasteiger charge is 2.44. The molecule has 122 valence electrons. The van der Waals surface area contributed by atoms with E-state index in [1.807, 2.05) is 0 Å². The van der Waals surface area contributed by atoms with E-state index in [0.717, 1.165) is 5.92 Å². The molecule has 0 N–H and O–H groups in total. The molecule has 1 saturated carbocycles. The van der Waals surface area contributed by atoms with Crippen LogP contribution in [0.2, 0.25) is 0 Å². The lowest BCUT2D eigenvalue weighted by atomic mass is 9.55. The molecular formula is C23H30. The second-order valence-corrected chi connectivity index (χ2v) is 8.34. The Morgan fingerprint density at radius 1 is 0.826 bits per heavy atom. The maximum absolute atomic E-state index is 2.44. The quantitative estimate of drug-likeness (QED) is 0.599. The molecular weight excluding hydrogens is 276 g/mol. The van der Waals surface area contributed by atoms with Gasteiger partial charge in [-0.3, -0.25) is 0 Å². The molecule has 1 fully saturated rings. The smallest absolute Gasteiger partial charge is 0.0206 e. The fourth-order valence-electron chi connectivity index (χ4n) is 4.17. The van der Waals surface area contributed by atoms with Crippen LogP contribution in [-0.4, -0.2) is 0 Å². The number of rotatable bonds is 2. The van der Waals surface area contributed by atoms with Gasteiger partial charge >= 0.3 is 0 Å². The Labute approximate surface area is 141 Å². The fourth-order valence-corrected chi connectivity index (χ4v) is 4.17. The first-order valence-electron chi connectivity index (χ1n) is 8.98. The predicted octanol–water partition coefficient (Wildman–Crippen LogP) is 6.44. The van der Waals surface area contributed by atoms with Crippen LogP contribution in [0, 0.1) is 25.2 Å². The third-order valence-electron chi connectivity index (χ3n) is 6.57. The number of benzene rings is 2. The van der Waals surface area contributed by atoms with E-state index in [4.69, 9.17) is 0 Å². The van der Waals surface area contributed by atoms with Gasteiger partial charge in [-0.1, -0.05) is 69.3 Å². The number of hydrogen-bond acceptors (Lipinski definition) is 0. The molecule has 1 aliphatic carbocycles. The van der Waals surface area contributed by atoms with E-state index < -0.39 is 0 Å². The highest BCUT2D eigenvalue weighted by Crippen LogP contribution is 2.53. The molecule has 0 bridgehead atoms. The Morgan fingerprint density at radius 3 is 2.13 bits per heavy atom. The lowest BCUT2D eigenvalue weighted by Gasteiger charge is -2.48. The summed E-state index contributed by atoms with van der Waals surface area (Å²) in [5.41, 5.74) is 6.42. The highest BCUT2D eigenvalue weighted by molar-refractivity contribution is 5.43. The molecule has 0 aromatic heterocycles. The van der Waals surface area contributed by atoms with Crippen molar-refractivity contribution in [3.05, 3.63) is 70.8 Å². The van der Waals surface area contributed by atoms with E-state index in [2.05, 4.69) is 83.1 Å². The first-order valence-corrected chi connectivity index (χ1v) is 8.98. The lowest BCUT2D eigenvalue weighted by Crippen LogP contribution is -2.41. The largest absolute Gasteiger partial charge is 0.0622 e. The summed E-state index contributed by atoms with van der Waals surface area (Å²) in [6.45, 7) is 11.8. The van der Waals surface area contributed by atoms with Crippen LogP contribution in [0.4, 0.5) is 0 Å². The molecule has 23 heavy (non-hydrogen) atoms. The van der Waals surface area contributed by atoms with Crippen LogP contribution in [0.3, 0.4) is 0 Å². The van der Waals surface area contributed by atoms with Crippen molar-refractivity contribution in [3.8, 4) is 0 Å². The maximum atomic E-state index is 2.44. The Morgan fingerprint density at radius 2 is 1.52 bits per heavy atom. The summed E-state index contributed by atoms with van der Waals surface area (Å²) in [6.07, 6.45) is 3.78. The van der Waals surface area contributed by atoms with Crippen LogP contribution in [0.25, 0.3) is 0 Å². The maximum Gasteiger partial charge on any atom is 0.0206 e. The number of hydrogen-bond donors (Lipinski definition) is 0. The van der Waals surface area contributed by atoms with E-state index in [1.54, 1.807) is 0 Å². The third kappa shape index (κ3) is 2.84. The summed E-state index contributed by atoms with van der Waals surface area (Å²) in [6, 6.07) is 18.3.